The Kier molecular flexibility index (Phi) is 3.94. The predicted molar refractivity (Wildman–Crippen MR) is 47.7 cm³/mol. The molecule has 1 aromatic rings. The molecule has 0 bridgehead atoms. The van der Waals surface area contributed by atoms with Gasteiger partial charge in [0.15, 0.2) is 5.75 Å². The first-order chi connectivity index (χ1) is 7.51. The van der Waals surface area contributed by atoms with Crippen molar-refractivity contribution in [3.63, 3.8) is 0 Å². The molecule has 0 saturated carbocycles. The third-order valence-corrected chi connectivity index (χ3v) is 1.32. The second kappa shape index (κ2) is 5.21. The second-order valence-corrected chi connectivity index (χ2v) is 2.55. The van der Waals surface area contributed by atoms with Gasteiger partial charge in [0.1, 0.15) is 6.61 Å². The largest absolute Gasteiger partial charge is 0.573 e. The van der Waals surface area contributed by atoms with E-state index in [-0.39, 0.29) is 12.6 Å². The highest BCUT2D eigenvalue weighted by Crippen LogP contribution is 2.21. The van der Waals surface area contributed by atoms with Gasteiger partial charge in [-0.3, -0.25) is 0 Å². The quantitative estimate of drug-likeness (QED) is 0.586. The first-order valence-electron chi connectivity index (χ1n) is 4.15. The van der Waals surface area contributed by atoms with E-state index < -0.39 is 12.1 Å². The Labute approximate surface area is 89.4 Å². The van der Waals surface area contributed by atoms with E-state index in [4.69, 9.17) is 11.2 Å². The van der Waals surface area contributed by atoms with Crippen LogP contribution in [0.3, 0.4) is 0 Å². The molecule has 0 aliphatic heterocycles. The van der Waals surface area contributed by atoms with E-state index in [0.29, 0.717) is 6.42 Å². The summed E-state index contributed by atoms with van der Waals surface area (Å²) in [6.07, 6.45) is 2.31. The molecule has 0 unspecified atom stereocenters. The number of halogens is 3. The lowest BCUT2D eigenvalue weighted by Crippen LogP contribution is -2.17. The van der Waals surface area contributed by atoms with Gasteiger partial charge in [-0.15, -0.1) is 25.5 Å². The van der Waals surface area contributed by atoms with Gasteiger partial charge in [0.2, 0.25) is 0 Å². The summed E-state index contributed by atoms with van der Waals surface area (Å²) in [5.41, 5.74) is 0. The molecule has 1 aromatic heterocycles. The van der Waals surface area contributed by atoms with Crippen LogP contribution < -0.4 is 9.47 Å². The first kappa shape index (κ1) is 12.1. The summed E-state index contributed by atoms with van der Waals surface area (Å²) >= 11 is 0. The van der Waals surface area contributed by atoms with Crippen LogP contribution in [-0.2, 0) is 0 Å². The number of alkyl halides is 3. The fourth-order valence-electron chi connectivity index (χ4n) is 0.766. The van der Waals surface area contributed by atoms with Crippen LogP contribution in [0.5, 0.6) is 11.8 Å². The van der Waals surface area contributed by atoms with E-state index in [1.807, 2.05) is 0 Å². The molecule has 4 nitrogen and oxygen atoms in total. The minimum atomic E-state index is -4.75. The lowest BCUT2D eigenvalue weighted by molar-refractivity contribution is -0.274. The summed E-state index contributed by atoms with van der Waals surface area (Å²) in [5, 5.41) is 0. The van der Waals surface area contributed by atoms with Crippen LogP contribution in [0.25, 0.3) is 0 Å². The normalized spacial score (nSPS) is 10.6. The van der Waals surface area contributed by atoms with Gasteiger partial charge < -0.3 is 9.47 Å². The van der Waals surface area contributed by atoms with Gasteiger partial charge in [-0.2, -0.15) is 9.97 Å². The standard InChI is InChI=1S/C9H7F3N2O2/c1-2-3-4-15-8-13-5-7(6-14-8)16-9(10,11)12/h1,5-6H,3-4H2. The van der Waals surface area contributed by atoms with Crippen molar-refractivity contribution in [3.8, 4) is 24.1 Å². The molecular weight excluding hydrogens is 225 g/mol. The number of ether oxygens (including phenoxy) is 2. The van der Waals surface area contributed by atoms with Crippen molar-refractivity contribution in [2.75, 3.05) is 6.61 Å². The Morgan fingerprint density at radius 3 is 2.44 bits per heavy atom. The van der Waals surface area contributed by atoms with E-state index in [9.17, 15) is 13.2 Å². The highest BCUT2D eigenvalue weighted by Gasteiger charge is 2.31. The number of rotatable bonds is 4. The van der Waals surface area contributed by atoms with Crippen LogP contribution in [0, 0.1) is 12.3 Å². The zero-order valence-electron chi connectivity index (χ0n) is 7.99. The maximum atomic E-state index is 11.8. The van der Waals surface area contributed by atoms with Gasteiger partial charge in [0, 0.05) is 6.42 Å². The van der Waals surface area contributed by atoms with Crippen LogP contribution in [0.15, 0.2) is 12.4 Å². The van der Waals surface area contributed by atoms with Crippen molar-refractivity contribution < 1.29 is 22.6 Å². The summed E-state index contributed by atoms with van der Waals surface area (Å²) in [6, 6.07) is -0.0511. The first-order valence-corrected chi connectivity index (χ1v) is 4.15. The lowest BCUT2D eigenvalue weighted by Gasteiger charge is -2.08. The van der Waals surface area contributed by atoms with E-state index in [2.05, 4.69) is 20.6 Å². The van der Waals surface area contributed by atoms with Gasteiger partial charge in [0.05, 0.1) is 12.4 Å². The molecule has 0 atom stereocenters. The lowest BCUT2D eigenvalue weighted by atomic mass is 10.5. The van der Waals surface area contributed by atoms with Crippen LogP contribution >= 0.6 is 0 Å². The summed E-state index contributed by atoms with van der Waals surface area (Å²) < 4.78 is 43.8. The second-order valence-electron chi connectivity index (χ2n) is 2.55. The van der Waals surface area contributed by atoms with Gasteiger partial charge >= 0.3 is 12.4 Å². The SMILES string of the molecule is C#CCCOc1ncc(OC(F)(F)F)cn1. The van der Waals surface area contributed by atoms with E-state index in [1.165, 1.54) is 0 Å². The minimum absolute atomic E-state index is 0.0511. The molecule has 1 rings (SSSR count). The fraction of sp³-hybridized carbons (Fsp3) is 0.333. The van der Waals surface area contributed by atoms with E-state index in [1.54, 1.807) is 0 Å². The third-order valence-electron chi connectivity index (χ3n) is 1.32. The molecule has 0 amide bonds. The number of nitrogens with zero attached hydrogens (tertiary/aromatic N) is 2. The van der Waals surface area contributed by atoms with E-state index >= 15 is 0 Å². The Hall–Kier alpha value is -1.97. The summed E-state index contributed by atoms with van der Waals surface area (Å²) in [6.45, 7) is 0.204. The van der Waals surface area contributed by atoms with Gasteiger partial charge in [0.25, 0.3) is 0 Å². The average Bonchev–Trinajstić information content (AvgIpc) is 2.19. The van der Waals surface area contributed by atoms with Crippen molar-refractivity contribution >= 4 is 0 Å². The molecular formula is C9H7F3N2O2. The van der Waals surface area contributed by atoms with Crippen LogP contribution in [0.1, 0.15) is 6.42 Å². The minimum Gasteiger partial charge on any atom is -0.462 e. The molecule has 7 heteroatoms. The molecule has 0 aliphatic rings. The van der Waals surface area contributed by atoms with Crippen molar-refractivity contribution in [3.05, 3.63) is 12.4 Å². The molecule has 0 aromatic carbocycles. The highest BCUT2D eigenvalue weighted by atomic mass is 19.4. The maximum Gasteiger partial charge on any atom is 0.573 e. The molecule has 0 fully saturated rings. The monoisotopic (exact) mass is 232 g/mol. The van der Waals surface area contributed by atoms with Gasteiger partial charge in [-0.1, -0.05) is 0 Å². The van der Waals surface area contributed by atoms with Crippen molar-refractivity contribution in [1.82, 2.24) is 9.97 Å². The average molecular weight is 232 g/mol. The number of aromatic nitrogens is 2. The molecule has 0 aliphatic carbocycles. The molecule has 1 heterocycles. The number of hydrogen-bond donors (Lipinski definition) is 0. The zero-order chi connectivity index (χ0) is 12.0. The smallest absolute Gasteiger partial charge is 0.462 e. The molecule has 0 N–H and O–H groups in total. The third kappa shape index (κ3) is 4.50. The van der Waals surface area contributed by atoms with Crippen molar-refractivity contribution in [1.29, 1.82) is 0 Å². The summed E-state index contributed by atoms with van der Waals surface area (Å²) in [7, 11) is 0. The number of hydrogen-bond acceptors (Lipinski definition) is 4. The topological polar surface area (TPSA) is 44.2 Å². The van der Waals surface area contributed by atoms with Crippen molar-refractivity contribution in [2.45, 2.75) is 12.8 Å². The molecule has 86 valence electrons. The highest BCUT2D eigenvalue weighted by molar-refractivity contribution is 5.14. The Balaban J connectivity index is 2.52. The molecule has 0 spiro atoms. The Morgan fingerprint density at radius 1 is 1.31 bits per heavy atom. The van der Waals surface area contributed by atoms with Gasteiger partial charge in [-0.25, -0.2) is 0 Å². The fourth-order valence-corrected chi connectivity index (χ4v) is 0.766. The predicted octanol–water partition coefficient (Wildman–Crippen LogP) is 1.78. The Morgan fingerprint density at radius 2 is 1.94 bits per heavy atom. The van der Waals surface area contributed by atoms with E-state index in [0.717, 1.165) is 12.4 Å². The Bertz CT molecular complexity index is 370. The molecule has 0 saturated heterocycles. The van der Waals surface area contributed by atoms with Crippen molar-refractivity contribution in [2.24, 2.45) is 0 Å². The maximum absolute atomic E-state index is 11.8. The molecule has 16 heavy (non-hydrogen) atoms. The van der Waals surface area contributed by atoms with Crippen LogP contribution in [0.4, 0.5) is 13.2 Å². The number of terminal acetylenes is 1. The summed E-state index contributed by atoms with van der Waals surface area (Å²) in [5.74, 6) is 1.82. The molecule has 0 radical (unpaired) electrons. The van der Waals surface area contributed by atoms with Crippen LogP contribution in [-0.4, -0.2) is 22.9 Å². The zero-order valence-corrected chi connectivity index (χ0v) is 7.99. The summed E-state index contributed by atoms with van der Waals surface area (Å²) in [4.78, 5) is 7.02. The van der Waals surface area contributed by atoms with Gasteiger partial charge in [-0.05, 0) is 0 Å². The van der Waals surface area contributed by atoms with Crippen LogP contribution in [0.2, 0.25) is 0 Å².